The number of hydrogen-bond donors (Lipinski definition) is 3. The zero-order valence-electron chi connectivity index (χ0n) is 10.7. The number of nitrogens with zero attached hydrogens (tertiary/aromatic N) is 1. The van der Waals surface area contributed by atoms with Gasteiger partial charge in [0.15, 0.2) is 0 Å². The Morgan fingerprint density at radius 1 is 1.42 bits per heavy atom. The molecular formula is C12H19N3O4. The molecule has 1 heterocycles. The van der Waals surface area contributed by atoms with Gasteiger partial charge in [-0.25, -0.2) is 0 Å². The molecule has 0 aromatic carbocycles. The number of rotatable bonds is 3. The van der Waals surface area contributed by atoms with Crippen LogP contribution in [0, 0.1) is 5.92 Å². The topological polar surface area (TPSA) is 113 Å². The van der Waals surface area contributed by atoms with Gasteiger partial charge >= 0.3 is 5.97 Å². The van der Waals surface area contributed by atoms with Crippen molar-refractivity contribution in [3.05, 3.63) is 0 Å². The summed E-state index contributed by atoms with van der Waals surface area (Å²) >= 11 is 0. The number of amides is 2. The van der Waals surface area contributed by atoms with Crippen molar-refractivity contribution < 1.29 is 19.5 Å². The van der Waals surface area contributed by atoms with Gasteiger partial charge in [-0.1, -0.05) is 6.42 Å². The smallest absolute Gasteiger partial charge is 0.305 e. The summed E-state index contributed by atoms with van der Waals surface area (Å²) in [4.78, 5) is 36.4. The summed E-state index contributed by atoms with van der Waals surface area (Å²) in [6.45, 7) is 0.717. The fourth-order valence-electron chi connectivity index (χ4n) is 2.86. The van der Waals surface area contributed by atoms with Gasteiger partial charge in [-0.2, -0.15) is 0 Å². The molecule has 19 heavy (non-hydrogen) atoms. The molecular weight excluding hydrogens is 250 g/mol. The highest BCUT2D eigenvalue weighted by Gasteiger charge is 2.40. The van der Waals surface area contributed by atoms with Gasteiger partial charge in [0.05, 0.1) is 12.3 Å². The number of carbonyl (C=O) groups excluding carboxylic acids is 2. The molecule has 2 aliphatic rings. The first-order chi connectivity index (χ1) is 9.00. The van der Waals surface area contributed by atoms with Gasteiger partial charge in [0.2, 0.25) is 11.8 Å². The van der Waals surface area contributed by atoms with Gasteiger partial charge in [0, 0.05) is 19.1 Å². The van der Waals surface area contributed by atoms with Gasteiger partial charge in [-0.3, -0.25) is 14.4 Å². The molecule has 0 radical (unpaired) electrons. The minimum Gasteiger partial charge on any atom is -0.481 e. The number of nitrogens with one attached hydrogen (secondary N) is 1. The maximum atomic E-state index is 12.4. The van der Waals surface area contributed by atoms with Crippen LogP contribution in [0.1, 0.15) is 25.7 Å². The van der Waals surface area contributed by atoms with Crippen LogP contribution in [-0.2, 0) is 14.4 Å². The summed E-state index contributed by atoms with van der Waals surface area (Å²) in [5.41, 5.74) is 5.90. The van der Waals surface area contributed by atoms with Crippen molar-refractivity contribution in [3.63, 3.8) is 0 Å². The van der Waals surface area contributed by atoms with E-state index in [2.05, 4.69) is 5.32 Å². The lowest BCUT2D eigenvalue weighted by Crippen LogP contribution is -2.59. The van der Waals surface area contributed by atoms with Crippen LogP contribution in [0.5, 0.6) is 0 Å². The lowest BCUT2D eigenvalue weighted by molar-refractivity contribution is -0.150. The standard InChI is InChI=1S/C12H19N3O4/c13-8-3-1-2-7(8)12(19)15-5-4-14-11(18)9(15)6-10(16)17/h7-9H,1-6,13H2,(H,14,18)(H,16,17). The van der Waals surface area contributed by atoms with Crippen molar-refractivity contribution in [2.75, 3.05) is 13.1 Å². The van der Waals surface area contributed by atoms with Crippen molar-refractivity contribution in [1.82, 2.24) is 10.2 Å². The Bertz CT molecular complexity index is 398. The lowest BCUT2D eigenvalue weighted by atomic mass is 9.99. The Labute approximate surface area is 111 Å². The summed E-state index contributed by atoms with van der Waals surface area (Å²) < 4.78 is 0. The van der Waals surface area contributed by atoms with Crippen LogP contribution in [0.15, 0.2) is 0 Å². The maximum Gasteiger partial charge on any atom is 0.305 e. The third-order valence-electron chi connectivity index (χ3n) is 3.87. The van der Waals surface area contributed by atoms with E-state index in [1.54, 1.807) is 0 Å². The van der Waals surface area contributed by atoms with E-state index >= 15 is 0 Å². The number of carboxylic acids is 1. The lowest BCUT2D eigenvalue weighted by Gasteiger charge is -2.36. The van der Waals surface area contributed by atoms with Crippen LogP contribution in [0.4, 0.5) is 0 Å². The highest BCUT2D eigenvalue weighted by Crippen LogP contribution is 2.27. The molecule has 0 aromatic heterocycles. The van der Waals surface area contributed by atoms with Gasteiger partial charge in [0.1, 0.15) is 6.04 Å². The maximum absolute atomic E-state index is 12.4. The molecule has 0 aromatic rings. The number of aliphatic carboxylic acids is 1. The first-order valence-corrected chi connectivity index (χ1v) is 6.56. The fraction of sp³-hybridized carbons (Fsp3) is 0.750. The molecule has 3 unspecified atom stereocenters. The normalized spacial score (nSPS) is 31.1. The number of piperazine rings is 1. The Morgan fingerprint density at radius 3 is 2.74 bits per heavy atom. The van der Waals surface area contributed by atoms with Gasteiger partial charge in [-0.05, 0) is 12.8 Å². The van der Waals surface area contributed by atoms with Crippen LogP contribution in [0.25, 0.3) is 0 Å². The zero-order valence-corrected chi connectivity index (χ0v) is 10.7. The average molecular weight is 269 g/mol. The molecule has 2 amide bonds. The first kappa shape index (κ1) is 13.8. The summed E-state index contributed by atoms with van der Waals surface area (Å²) in [7, 11) is 0. The highest BCUT2D eigenvalue weighted by molar-refractivity contribution is 5.92. The Kier molecular flexibility index (Phi) is 4.04. The molecule has 1 saturated heterocycles. The molecule has 1 aliphatic carbocycles. The first-order valence-electron chi connectivity index (χ1n) is 6.56. The average Bonchev–Trinajstić information content (AvgIpc) is 2.77. The van der Waals surface area contributed by atoms with E-state index in [0.29, 0.717) is 13.1 Å². The summed E-state index contributed by atoms with van der Waals surface area (Å²) in [5, 5.41) is 11.5. The van der Waals surface area contributed by atoms with E-state index in [0.717, 1.165) is 19.3 Å². The number of carbonyl (C=O) groups is 3. The number of nitrogens with two attached hydrogens (primary N) is 1. The number of carboxylic acid groups (broad SMARTS) is 1. The van der Waals surface area contributed by atoms with Crippen molar-refractivity contribution >= 4 is 17.8 Å². The molecule has 1 aliphatic heterocycles. The van der Waals surface area contributed by atoms with Crippen molar-refractivity contribution in [2.24, 2.45) is 11.7 Å². The van der Waals surface area contributed by atoms with Crippen LogP contribution >= 0.6 is 0 Å². The third kappa shape index (κ3) is 2.86. The van der Waals surface area contributed by atoms with E-state index in [4.69, 9.17) is 10.8 Å². The molecule has 2 fully saturated rings. The zero-order chi connectivity index (χ0) is 14.0. The van der Waals surface area contributed by atoms with Crippen molar-refractivity contribution in [3.8, 4) is 0 Å². The van der Waals surface area contributed by atoms with Crippen LogP contribution < -0.4 is 11.1 Å². The van der Waals surface area contributed by atoms with Crippen LogP contribution in [-0.4, -0.2) is 53.0 Å². The predicted molar refractivity (Wildman–Crippen MR) is 66.1 cm³/mol. The molecule has 2 rings (SSSR count). The fourth-order valence-corrected chi connectivity index (χ4v) is 2.86. The Balaban J connectivity index is 2.12. The minimum absolute atomic E-state index is 0.175. The Hall–Kier alpha value is -1.63. The minimum atomic E-state index is -1.09. The highest BCUT2D eigenvalue weighted by atomic mass is 16.4. The van der Waals surface area contributed by atoms with Crippen molar-refractivity contribution in [2.45, 2.75) is 37.8 Å². The van der Waals surface area contributed by atoms with Crippen LogP contribution in [0.2, 0.25) is 0 Å². The summed E-state index contributed by atoms with van der Waals surface area (Å²) in [5.74, 6) is -1.93. The van der Waals surface area contributed by atoms with E-state index in [-0.39, 0.29) is 24.3 Å². The van der Waals surface area contributed by atoms with Crippen LogP contribution in [0.3, 0.4) is 0 Å². The van der Waals surface area contributed by atoms with Crippen molar-refractivity contribution in [1.29, 1.82) is 0 Å². The van der Waals surface area contributed by atoms with E-state index < -0.39 is 17.9 Å². The molecule has 7 heteroatoms. The second-order valence-electron chi connectivity index (χ2n) is 5.14. The van der Waals surface area contributed by atoms with E-state index in [9.17, 15) is 14.4 Å². The summed E-state index contributed by atoms with van der Waals surface area (Å²) in [6.07, 6.45) is 2.07. The molecule has 0 bridgehead atoms. The SMILES string of the molecule is NC1CCCC1C(=O)N1CCNC(=O)C1CC(=O)O. The van der Waals surface area contributed by atoms with Gasteiger partial charge in [-0.15, -0.1) is 0 Å². The molecule has 0 spiro atoms. The third-order valence-corrected chi connectivity index (χ3v) is 3.87. The molecule has 4 N–H and O–H groups in total. The quantitative estimate of drug-likeness (QED) is 0.603. The number of hydrogen-bond acceptors (Lipinski definition) is 4. The summed E-state index contributed by atoms with van der Waals surface area (Å²) in [6, 6.07) is -1.09. The Morgan fingerprint density at radius 2 is 2.16 bits per heavy atom. The largest absolute Gasteiger partial charge is 0.481 e. The molecule has 3 atom stereocenters. The van der Waals surface area contributed by atoms with E-state index in [1.165, 1.54) is 4.90 Å². The molecule has 7 nitrogen and oxygen atoms in total. The van der Waals surface area contributed by atoms with Gasteiger partial charge < -0.3 is 21.1 Å². The molecule has 106 valence electrons. The predicted octanol–water partition coefficient (Wildman–Crippen LogP) is -1.08. The van der Waals surface area contributed by atoms with E-state index in [1.807, 2.05) is 0 Å². The second-order valence-corrected chi connectivity index (χ2v) is 5.14. The monoisotopic (exact) mass is 269 g/mol. The second kappa shape index (κ2) is 5.56. The molecule has 1 saturated carbocycles. The van der Waals surface area contributed by atoms with Gasteiger partial charge in [0.25, 0.3) is 0 Å².